The topological polar surface area (TPSA) is 64.9 Å². The summed E-state index contributed by atoms with van der Waals surface area (Å²) in [6.07, 6.45) is 1.98. The van der Waals surface area contributed by atoms with Crippen LogP contribution in [0.25, 0.3) is 0 Å². The van der Waals surface area contributed by atoms with Gasteiger partial charge in [-0.2, -0.15) is 5.26 Å². The number of thioether (sulfide) groups is 1. The second-order valence-electron chi connectivity index (χ2n) is 8.49. The Morgan fingerprint density at radius 2 is 2.00 bits per heavy atom. The fourth-order valence-electron chi connectivity index (χ4n) is 3.88. The van der Waals surface area contributed by atoms with Crippen molar-refractivity contribution in [2.75, 3.05) is 11.1 Å². The van der Waals surface area contributed by atoms with Crippen LogP contribution < -0.4 is 10.6 Å². The van der Waals surface area contributed by atoms with Crippen molar-refractivity contribution in [2.24, 2.45) is 0 Å². The van der Waals surface area contributed by atoms with E-state index in [1.807, 2.05) is 24.3 Å². The van der Waals surface area contributed by atoms with Crippen molar-refractivity contribution in [3.63, 3.8) is 0 Å². The van der Waals surface area contributed by atoms with E-state index < -0.39 is 0 Å². The van der Waals surface area contributed by atoms with E-state index >= 15 is 0 Å². The van der Waals surface area contributed by atoms with Crippen LogP contribution in [0.2, 0.25) is 5.02 Å². The van der Waals surface area contributed by atoms with Gasteiger partial charge in [-0.05, 0) is 76.1 Å². The highest BCUT2D eigenvalue weighted by Gasteiger charge is 2.40. The third-order valence-corrected chi connectivity index (χ3v) is 7.66. The van der Waals surface area contributed by atoms with E-state index in [4.69, 9.17) is 11.6 Å². The van der Waals surface area contributed by atoms with E-state index in [0.29, 0.717) is 17.0 Å². The van der Waals surface area contributed by atoms with Gasteiger partial charge in [0.2, 0.25) is 5.91 Å². The quantitative estimate of drug-likeness (QED) is 0.424. The van der Waals surface area contributed by atoms with E-state index in [-0.39, 0.29) is 17.0 Å². The number of nitrogens with one attached hydrogen (secondary N) is 2. The van der Waals surface area contributed by atoms with Gasteiger partial charge in [-0.25, -0.2) is 0 Å². The maximum absolute atomic E-state index is 12.5. The third kappa shape index (κ3) is 5.35. The summed E-state index contributed by atoms with van der Waals surface area (Å²) in [6.45, 7) is 8.55. The molecule has 0 aliphatic carbocycles. The zero-order valence-electron chi connectivity index (χ0n) is 17.2. The van der Waals surface area contributed by atoms with Crippen molar-refractivity contribution in [3.05, 3.63) is 45.3 Å². The second kappa shape index (κ2) is 8.69. The number of carbonyl (C=O) groups excluding carboxylic acids is 1. The third-order valence-electron chi connectivity index (χ3n) is 4.84. The normalized spacial score (nSPS) is 16.7. The van der Waals surface area contributed by atoms with Gasteiger partial charge in [0.15, 0.2) is 0 Å². The van der Waals surface area contributed by atoms with Crippen LogP contribution in [0, 0.1) is 11.3 Å². The lowest BCUT2D eigenvalue weighted by Gasteiger charge is -2.42. The molecule has 0 saturated carbocycles. The Hall–Kier alpha value is -1.52. The molecular weight excluding hydrogens is 422 g/mol. The monoisotopic (exact) mass is 447 g/mol. The fourth-order valence-corrected chi connectivity index (χ4v) is 6.10. The molecule has 0 bridgehead atoms. The van der Waals surface area contributed by atoms with Crippen molar-refractivity contribution >= 4 is 45.6 Å². The van der Waals surface area contributed by atoms with Gasteiger partial charge in [0, 0.05) is 32.3 Å². The predicted molar refractivity (Wildman–Crippen MR) is 123 cm³/mol. The number of hydrogen-bond donors (Lipinski definition) is 2. The molecule has 1 amide bonds. The van der Waals surface area contributed by atoms with Crippen LogP contribution in [0.15, 0.2) is 29.2 Å². The van der Waals surface area contributed by atoms with Crippen LogP contribution in [0.3, 0.4) is 0 Å². The molecule has 2 aromatic rings. The molecule has 0 spiro atoms. The SMILES string of the molecule is CC1(C)Cc2c(sc(NC(=O)CCCSc3ccc(Cl)cc3)c2C#N)C(C)(C)N1. The van der Waals surface area contributed by atoms with Crippen LogP contribution in [-0.4, -0.2) is 17.2 Å². The number of hydrogen-bond acceptors (Lipinski definition) is 5. The van der Waals surface area contributed by atoms with Gasteiger partial charge < -0.3 is 10.6 Å². The van der Waals surface area contributed by atoms with Gasteiger partial charge >= 0.3 is 0 Å². The first-order valence-corrected chi connectivity index (χ1v) is 11.8. The number of nitrogens with zero attached hydrogens (tertiary/aromatic N) is 1. The number of amides is 1. The summed E-state index contributed by atoms with van der Waals surface area (Å²) in [5.41, 5.74) is 1.37. The van der Waals surface area contributed by atoms with Crippen molar-refractivity contribution in [1.29, 1.82) is 5.26 Å². The van der Waals surface area contributed by atoms with E-state index in [2.05, 4.69) is 44.4 Å². The number of rotatable bonds is 6. The second-order valence-corrected chi connectivity index (χ2v) is 11.1. The molecule has 2 heterocycles. The molecule has 0 saturated heterocycles. The molecule has 0 atom stereocenters. The first kappa shape index (κ1) is 22.2. The Balaban J connectivity index is 1.61. The summed E-state index contributed by atoms with van der Waals surface area (Å²) in [5.74, 6) is 0.813. The standard InChI is InChI=1S/C22H26ClN3OS2/c1-21(2)12-16-17(13-24)20(29-19(16)22(3,4)26-21)25-18(27)6-5-11-28-15-9-7-14(23)8-10-15/h7-10,26H,5-6,11-12H2,1-4H3,(H,25,27). The number of nitriles is 1. The first-order valence-electron chi connectivity index (χ1n) is 9.65. The Morgan fingerprint density at radius 3 is 2.66 bits per heavy atom. The Kier molecular flexibility index (Phi) is 6.64. The van der Waals surface area contributed by atoms with Gasteiger partial charge in [-0.3, -0.25) is 4.79 Å². The largest absolute Gasteiger partial charge is 0.317 e. The number of fused-ring (bicyclic) bond motifs is 1. The zero-order chi connectivity index (χ0) is 21.2. The summed E-state index contributed by atoms with van der Waals surface area (Å²) in [6, 6.07) is 10.0. The summed E-state index contributed by atoms with van der Waals surface area (Å²) < 4.78 is 0. The molecule has 1 aliphatic heterocycles. The van der Waals surface area contributed by atoms with Crippen LogP contribution in [0.1, 0.15) is 56.5 Å². The van der Waals surface area contributed by atoms with Gasteiger partial charge in [0.05, 0.1) is 5.56 Å². The van der Waals surface area contributed by atoms with Crippen LogP contribution in [0.4, 0.5) is 5.00 Å². The fraction of sp³-hybridized carbons (Fsp3) is 0.455. The molecule has 7 heteroatoms. The lowest BCUT2D eigenvalue weighted by molar-refractivity contribution is -0.116. The molecule has 4 nitrogen and oxygen atoms in total. The lowest BCUT2D eigenvalue weighted by Crippen LogP contribution is -2.54. The molecular formula is C22H26ClN3OS2. The van der Waals surface area contributed by atoms with Crippen molar-refractivity contribution < 1.29 is 4.79 Å². The Bertz CT molecular complexity index is 942. The van der Waals surface area contributed by atoms with Crippen molar-refractivity contribution in [1.82, 2.24) is 5.32 Å². The summed E-state index contributed by atoms with van der Waals surface area (Å²) in [4.78, 5) is 14.8. The molecule has 2 N–H and O–H groups in total. The Morgan fingerprint density at radius 1 is 1.31 bits per heavy atom. The molecule has 29 heavy (non-hydrogen) atoms. The predicted octanol–water partition coefficient (Wildman–Crippen LogP) is 5.94. The molecule has 1 aromatic heterocycles. The maximum Gasteiger partial charge on any atom is 0.225 e. The average Bonchev–Trinajstić information content (AvgIpc) is 2.96. The highest BCUT2D eigenvalue weighted by molar-refractivity contribution is 7.99. The molecule has 0 fully saturated rings. The Labute approximate surface area is 186 Å². The van der Waals surface area contributed by atoms with E-state index in [1.165, 1.54) is 11.3 Å². The first-order chi connectivity index (χ1) is 13.6. The van der Waals surface area contributed by atoms with Gasteiger partial charge in [0.25, 0.3) is 0 Å². The molecule has 0 radical (unpaired) electrons. The van der Waals surface area contributed by atoms with Crippen LogP contribution in [0.5, 0.6) is 0 Å². The van der Waals surface area contributed by atoms with Crippen LogP contribution in [-0.2, 0) is 16.8 Å². The van der Waals surface area contributed by atoms with E-state index in [1.54, 1.807) is 11.8 Å². The van der Waals surface area contributed by atoms with Gasteiger partial charge in [0.1, 0.15) is 11.1 Å². The minimum atomic E-state index is -0.231. The minimum Gasteiger partial charge on any atom is -0.317 e. The maximum atomic E-state index is 12.5. The molecule has 3 rings (SSSR count). The number of halogens is 1. The van der Waals surface area contributed by atoms with E-state index in [9.17, 15) is 10.1 Å². The summed E-state index contributed by atoms with van der Waals surface area (Å²) in [7, 11) is 0. The number of thiophene rings is 1. The number of anilines is 1. The van der Waals surface area contributed by atoms with E-state index in [0.717, 1.165) is 39.0 Å². The number of benzene rings is 1. The zero-order valence-corrected chi connectivity index (χ0v) is 19.6. The molecule has 1 aromatic carbocycles. The number of carbonyl (C=O) groups is 1. The van der Waals surface area contributed by atoms with Crippen molar-refractivity contribution in [2.45, 2.75) is 62.9 Å². The highest BCUT2D eigenvalue weighted by atomic mass is 35.5. The van der Waals surface area contributed by atoms with Gasteiger partial charge in [-0.15, -0.1) is 23.1 Å². The van der Waals surface area contributed by atoms with Crippen LogP contribution >= 0.6 is 34.7 Å². The summed E-state index contributed by atoms with van der Waals surface area (Å²) >= 11 is 9.13. The van der Waals surface area contributed by atoms with Gasteiger partial charge in [-0.1, -0.05) is 11.6 Å². The molecule has 0 unspecified atom stereocenters. The lowest BCUT2D eigenvalue weighted by atomic mass is 9.81. The smallest absolute Gasteiger partial charge is 0.225 e. The average molecular weight is 448 g/mol. The molecule has 1 aliphatic rings. The van der Waals surface area contributed by atoms with Crippen molar-refractivity contribution in [3.8, 4) is 6.07 Å². The minimum absolute atomic E-state index is 0.0400. The summed E-state index contributed by atoms with van der Waals surface area (Å²) in [5, 5.41) is 17.8. The molecule has 154 valence electrons. The highest BCUT2D eigenvalue weighted by Crippen LogP contribution is 2.44.